The first-order valence-corrected chi connectivity index (χ1v) is 13.8. The molecular weight excluding hydrogens is 486 g/mol. The molecular formula is C29H39N3O4S. The van der Waals surface area contributed by atoms with Crippen LogP contribution in [-0.4, -0.2) is 25.2 Å². The largest absolute Gasteiger partial charge is 0.489 e. The summed E-state index contributed by atoms with van der Waals surface area (Å²) in [5.74, 6) is 1.11. The normalized spacial score (nSPS) is 12.4. The maximum Gasteiger partial charge on any atom is 0.261 e. The standard InChI is InChI=1S/C28H35N3O.CH4O3S/c1-27(2,3)21-12-10-20(11-13-21)19-32-25-9-7-8-24(18-25)31-26(29)30-23-16-14-22(15-17-23)28(4,5)6;1-5(2,3)4/h7-18H,19H2,1-6H3,(H3,29,30,31);1H3,(H,2,3,4). The van der Waals surface area contributed by atoms with E-state index in [1.54, 1.807) is 0 Å². The molecule has 0 aromatic heterocycles. The van der Waals surface area contributed by atoms with Crippen molar-refractivity contribution < 1.29 is 17.7 Å². The van der Waals surface area contributed by atoms with E-state index in [9.17, 15) is 8.42 Å². The Labute approximate surface area is 221 Å². The van der Waals surface area contributed by atoms with E-state index in [1.807, 2.05) is 36.4 Å². The predicted octanol–water partition coefficient (Wildman–Crippen LogP) is 6.42. The molecule has 0 amide bonds. The van der Waals surface area contributed by atoms with Gasteiger partial charge >= 0.3 is 0 Å². The van der Waals surface area contributed by atoms with E-state index in [0.717, 1.165) is 22.7 Å². The maximum absolute atomic E-state index is 9.19. The molecule has 0 radical (unpaired) electrons. The number of nitrogens with zero attached hydrogens (tertiary/aromatic N) is 1. The van der Waals surface area contributed by atoms with E-state index in [-0.39, 0.29) is 10.8 Å². The molecule has 4 N–H and O–H groups in total. The molecule has 3 rings (SSSR count). The lowest BCUT2D eigenvalue weighted by Gasteiger charge is -2.19. The van der Waals surface area contributed by atoms with Gasteiger partial charge in [0.15, 0.2) is 5.96 Å². The Morgan fingerprint density at radius 1 is 0.892 bits per heavy atom. The van der Waals surface area contributed by atoms with Crippen LogP contribution >= 0.6 is 0 Å². The highest BCUT2D eigenvalue weighted by molar-refractivity contribution is 7.85. The minimum atomic E-state index is -3.67. The van der Waals surface area contributed by atoms with Crippen LogP contribution in [0.3, 0.4) is 0 Å². The predicted molar refractivity (Wildman–Crippen MR) is 153 cm³/mol. The van der Waals surface area contributed by atoms with Crippen molar-refractivity contribution >= 4 is 27.5 Å². The summed E-state index contributed by atoms with van der Waals surface area (Å²) in [7, 11) is -3.67. The summed E-state index contributed by atoms with van der Waals surface area (Å²) < 4.78 is 31.9. The van der Waals surface area contributed by atoms with Gasteiger partial charge in [-0.15, -0.1) is 0 Å². The summed E-state index contributed by atoms with van der Waals surface area (Å²) in [6.45, 7) is 13.7. The van der Waals surface area contributed by atoms with Crippen molar-refractivity contribution in [3.63, 3.8) is 0 Å². The van der Waals surface area contributed by atoms with Gasteiger partial charge in [-0.2, -0.15) is 8.42 Å². The van der Waals surface area contributed by atoms with E-state index in [2.05, 4.69) is 88.2 Å². The average molecular weight is 526 g/mol. The number of hydrogen-bond acceptors (Lipinski definition) is 4. The third-order valence-electron chi connectivity index (χ3n) is 5.31. The first-order valence-electron chi connectivity index (χ1n) is 12.0. The van der Waals surface area contributed by atoms with E-state index in [1.165, 1.54) is 11.1 Å². The number of nitrogens with one attached hydrogen (secondary N) is 1. The second kappa shape index (κ2) is 12.3. The molecule has 0 aliphatic rings. The van der Waals surface area contributed by atoms with Crippen LogP contribution in [0.2, 0.25) is 0 Å². The van der Waals surface area contributed by atoms with Crippen molar-refractivity contribution in [3.05, 3.63) is 89.5 Å². The van der Waals surface area contributed by atoms with Crippen molar-refractivity contribution in [2.45, 2.75) is 59.0 Å². The average Bonchev–Trinajstić information content (AvgIpc) is 2.76. The summed E-state index contributed by atoms with van der Waals surface area (Å²) in [6.07, 6.45) is 0.715. The minimum absolute atomic E-state index is 0.112. The molecule has 0 aliphatic carbocycles. The van der Waals surface area contributed by atoms with E-state index < -0.39 is 10.1 Å². The van der Waals surface area contributed by atoms with Crippen LogP contribution in [-0.2, 0) is 27.6 Å². The second-order valence-corrected chi connectivity index (χ2v) is 12.4. The molecule has 7 nitrogen and oxygen atoms in total. The van der Waals surface area contributed by atoms with Gasteiger partial charge in [0.1, 0.15) is 12.4 Å². The lowest BCUT2D eigenvalue weighted by molar-refractivity contribution is 0.306. The molecule has 0 bridgehead atoms. The Kier molecular flexibility index (Phi) is 9.89. The number of hydrogen-bond donors (Lipinski definition) is 3. The van der Waals surface area contributed by atoms with Crippen LogP contribution in [0.25, 0.3) is 0 Å². The fourth-order valence-electron chi connectivity index (χ4n) is 3.28. The van der Waals surface area contributed by atoms with Gasteiger partial charge in [0.05, 0.1) is 11.9 Å². The zero-order valence-electron chi connectivity index (χ0n) is 22.7. The van der Waals surface area contributed by atoms with Gasteiger partial charge in [-0.1, -0.05) is 84.0 Å². The molecule has 0 heterocycles. The SMILES string of the molecule is CC(C)(C)c1ccc(COc2cccc(NC(N)=Nc3ccc(C(C)(C)C)cc3)c2)cc1.CS(=O)(=O)O. The van der Waals surface area contributed by atoms with Crippen molar-refractivity contribution in [1.82, 2.24) is 0 Å². The Bertz CT molecular complexity index is 1280. The molecule has 37 heavy (non-hydrogen) atoms. The molecule has 200 valence electrons. The van der Waals surface area contributed by atoms with Gasteiger partial charge in [-0.25, -0.2) is 4.99 Å². The molecule has 3 aromatic carbocycles. The highest BCUT2D eigenvalue weighted by atomic mass is 32.2. The minimum Gasteiger partial charge on any atom is -0.489 e. The fraction of sp³-hybridized carbons (Fsp3) is 0.345. The van der Waals surface area contributed by atoms with E-state index in [0.29, 0.717) is 18.8 Å². The zero-order chi connectivity index (χ0) is 27.9. The van der Waals surface area contributed by atoms with Gasteiger partial charge in [0, 0.05) is 11.8 Å². The smallest absolute Gasteiger partial charge is 0.261 e. The third kappa shape index (κ3) is 11.5. The van der Waals surface area contributed by atoms with Crippen LogP contribution in [0.5, 0.6) is 5.75 Å². The van der Waals surface area contributed by atoms with Crippen molar-refractivity contribution in [2.75, 3.05) is 11.6 Å². The van der Waals surface area contributed by atoms with E-state index >= 15 is 0 Å². The molecule has 0 atom stereocenters. The second-order valence-electron chi connectivity index (χ2n) is 10.9. The van der Waals surface area contributed by atoms with Crippen LogP contribution in [0, 0.1) is 0 Å². The summed E-state index contributed by atoms with van der Waals surface area (Å²) in [6, 6.07) is 24.5. The monoisotopic (exact) mass is 525 g/mol. The molecule has 0 saturated heterocycles. The van der Waals surface area contributed by atoms with Crippen molar-refractivity contribution in [2.24, 2.45) is 10.7 Å². The molecule has 0 spiro atoms. The lowest BCUT2D eigenvalue weighted by Crippen LogP contribution is -2.21. The topological polar surface area (TPSA) is 114 Å². The molecule has 0 fully saturated rings. The van der Waals surface area contributed by atoms with Gasteiger partial charge in [-0.3, -0.25) is 4.55 Å². The summed E-state index contributed by atoms with van der Waals surface area (Å²) in [4.78, 5) is 4.47. The zero-order valence-corrected chi connectivity index (χ0v) is 23.6. The Hall–Kier alpha value is -3.36. The third-order valence-corrected chi connectivity index (χ3v) is 5.31. The first-order chi connectivity index (χ1) is 17.0. The molecule has 0 unspecified atom stereocenters. The number of aliphatic imine (C=N–C) groups is 1. The highest BCUT2D eigenvalue weighted by Gasteiger charge is 2.13. The highest BCUT2D eigenvalue weighted by Crippen LogP contribution is 2.25. The Morgan fingerprint density at radius 3 is 1.86 bits per heavy atom. The number of guanidine groups is 1. The molecule has 0 aliphatic heterocycles. The van der Waals surface area contributed by atoms with Crippen LogP contribution < -0.4 is 15.8 Å². The van der Waals surface area contributed by atoms with Crippen molar-refractivity contribution in [1.29, 1.82) is 0 Å². The number of ether oxygens (including phenoxy) is 1. The lowest BCUT2D eigenvalue weighted by atomic mass is 9.87. The van der Waals surface area contributed by atoms with Gasteiger partial charge in [0.2, 0.25) is 0 Å². The summed E-state index contributed by atoms with van der Waals surface area (Å²) >= 11 is 0. The molecule has 0 saturated carbocycles. The first kappa shape index (κ1) is 29.9. The van der Waals surface area contributed by atoms with Crippen LogP contribution in [0.1, 0.15) is 58.2 Å². The Morgan fingerprint density at radius 2 is 1.38 bits per heavy atom. The van der Waals surface area contributed by atoms with Gasteiger partial charge in [0.25, 0.3) is 10.1 Å². The molecule has 8 heteroatoms. The van der Waals surface area contributed by atoms with Gasteiger partial charge in [-0.05, 0) is 51.8 Å². The maximum atomic E-state index is 9.19. The van der Waals surface area contributed by atoms with Crippen LogP contribution in [0.4, 0.5) is 11.4 Å². The summed E-state index contributed by atoms with van der Waals surface area (Å²) in [5, 5.41) is 3.15. The fourth-order valence-corrected chi connectivity index (χ4v) is 3.28. The van der Waals surface area contributed by atoms with Gasteiger partial charge < -0.3 is 15.8 Å². The number of nitrogens with two attached hydrogens (primary N) is 1. The Balaban J connectivity index is 0.000000877. The summed E-state index contributed by atoms with van der Waals surface area (Å²) in [5.41, 5.74) is 11.7. The van der Waals surface area contributed by atoms with Crippen LogP contribution in [0.15, 0.2) is 77.8 Å². The van der Waals surface area contributed by atoms with Crippen molar-refractivity contribution in [3.8, 4) is 5.75 Å². The van der Waals surface area contributed by atoms with E-state index in [4.69, 9.17) is 15.0 Å². The molecule has 3 aromatic rings. The number of rotatable bonds is 5. The quantitative estimate of drug-likeness (QED) is 0.201. The number of anilines is 1. The number of benzene rings is 3.